The van der Waals surface area contributed by atoms with E-state index < -0.39 is 0 Å². The molecule has 4 heterocycles. The average molecular weight is 479 g/mol. The fraction of sp³-hybridized carbons (Fsp3) is 0.0323. The van der Waals surface area contributed by atoms with Gasteiger partial charge in [-0.05, 0) is 43.3 Å². The van der Waals surface area contributed by atoms with Gasteiger partial charge in [0.2, 0.25) is 0 Å². The summed E-state index contributed by atoms with van der Waals surface area (Å²) in [5.74, 6) is 0.686. The van der Waals surface area contributed by atoms with E-state index in [0.29, 0.717) is 17.1 Å². The van der Waals surface area contributed by atoms with Gasteiger partial charge in [-0.3, -0.25) is 4.57 Å². The van der Waals surface area contributed by atoms with E-state index in [4.69, 9.17) is 4.98 Å². The maximum atomic E-state index is 4.83. The van der Waals surface area contributed by atoms with Crippen LogP contribution >= 0.6 is 0 Å². The van der Waals surface area contributed by atoms with Gasteiger partial charge in [-0.15, -0.1) is 0 Å². The maximum Gasteiger partial charge on any atom is 0.199 e. The lowest BCUT2D eigenvalue weighted by Crippen LogP contribution is -2.03. The summed E-state index contributed by atoms with van der Waals surface area (Å²) in [6.07, 6.45) is 11.1. The number of hydrogen-bond donors (Lipinski definition) is 0. The number of aromatic nitrogens is 6. The highest BCUT2D eigenvalue weighted by Gasteiger charge is 2.22. The number of nitrogens with zero attached hydrogens (tertiary/aromatic N) is 6. The molecule has 4 aromatic heterocycles. The van der Waals surface area contributed by atoms with Crippen molar-refractivity contribution in [1.29, 1.82) is 0 Å². The smallest absolute Gasteiger partial charge is 0.199 e. The SMILES string of the molecule is C=Cc1c(/C=C\C)n(-c2cnc3nccnc3n2)c2ccc3c(c4ccccc4n3-c3ccccc3)c12. The molecular weight excluding hydrogens is 456 g/mol. The molecule has 0 amide bonds. The van der Waals surface area contributed by atoms with Crippen molar-refractivity contribution in [3.8, 4) is 11.5 Å². The molecule has 0 N–H and O–H groups in total. The third-order valence-corrected chi connectivity index (χ3v) is 6.80. The van der Waals surface area contributed by atoms with Gasteiger partial charge >= 0.3 is 0 Å². The number of rotatable bonds is 4. The van der Waals surface area contributed by atoms with E-state index in [2.05, 4.69) is 97.4 Å². The van der Waals surface area contributed by atoms with Crippen LogP contribution in [0.1, 0.15) is 18.2 Å². The zero-order valence-corrected chi connectivity index (χ0v) is 20.2. The Kier molecular flexibility index (Phi) is 4.72. The summed E-state index contributed by atoms with van der Waals surface area (Å²) in [6.45, 7) is 6.24. The molecule has 0 bridgehead atoms. The first kappa shape index (κ1) is 21.2. The quantitative estimate of drug-likeness (QED) is 0.270. The molecule has 0 fully saturated rings. The van der Waals surface area contributed by atoms with Crippen molar-refractivity contribution in [1.82, 2.24) is 29.1 Å². The maximum absolute atomic E-state index is 4.83. The van der Waals surface area contributed by atoms with Gasteiger partial charge in [0, 0.05) is 39.8 Å². The predicted molar refractivity (Wildman–Crippen MR) is 151 cm³/mol. The minimum absolute atomic E-state index is 0.509. The van der Waals surface area contributed by atoms with E-state index in [1.807, 2.05) is 25.1 Å². The highest BCUT2D eigenvalue weighted by atomic mass is 15.1. The molecule has 0 aliphatic carbocycles. The summed E-state index contributed by atoms with van der Waals surface area (Å²) in [5.41, 5.74) is 7.53. The summed E-state index contributed by atoms with van der Waals surface area (Å²) in [5, 5.41) is 3.51. The third kappa shape index (κ3) is 3.06. The molecule has 7 aromatic rings. The van der Waals surface area contributed by atoms with E-state index in [9.17, 15) is 0 Å². The van der Waals surface area contributed by atoms with E-state index in [1.165, 1.54) is 10.8 Å². The first-order chi connectivity index (χ1) is 18.3. The minimum Gasteiger partial charge on any atom is -0.309 e. The zero-order chi connectivity index (χ0) is 24.9. The molecule has 0 aliphatic rings. The number of hydrogen-bond acceptors (Lipinski definition) is 4. The van der Waals surface area contributed by atoms with E-state index in [0.717, 1.165) is 38.9 Å². The van der Waals surface area contributed by atoms with Crippen molar-refractivity contribution in [2.45, 2.75) is 6.92 Å². The summed E-state index contributed by atoms with van der Waals surface area (Å²) in [4.78, 5) is 18.1. The molecule has 0 saturated heterocycles. The van der Waals surface area contributed by atoms with Gasteiger partial charge < -0.3 is 4.57 Å². The van der Waals surface area contributed by atoms with Gasteiger partial charge in [0.15, 0.2) is 17.1 Å². The lowest BCUT2D eigenvalue weighted by molar-refractivity contribution is 1.01. The first-order valence-corrected chi connectivity index (χ1v) is 12.2. The molecule has 0 atom stereocenters. The predicted octanol–water partition coefficient (Wildman–Crippen LogP) is 7.14. The molecule has 7 rings (SSSR count). The average Bonchev–Trinajstić information content (AvgIpc) is 3.45. The second-order valence-corrected chi connectivity index (χ2v) is 8.81. The summed E-state index contributed by atoms with van der Waals surface area (Å²) < 4.78 is 4.47. The van der Waals surface area contributed by atoms with Gasteiger partial charge in [0.1, 0.15) is 0 Å². The summed E-state index contributed by atoms with van der Waals surface area (Å²) in [6, 6.07) is 23.4. The van der Waals surface area contributed by atoms with Crippen LogP contribution in [0.15, 0.2) is 98.0 Å². The fourth-order valence-electron chi connectivity index (χ4n) is 5.37. The molecule has 0 spiro atoms. The van der Waals surface area contributed by atoms with E-state index >= 15 is 0 Å². The van der Waals surface area contributed by atoms with Crippen LogP contribution in [0.5, 0.6) is 0 Å². The van der Waals surface area contributed by atoms with Crippen molar-refractivity contribution >= 4 is 56.2 Å². The molecule has 176 valence electrons. The topological polar surface area (TPSA) is 61.4 Å². The fourth-order valence-corrected chi connectivity index (χ4v) is 5.37. The van der Waals surface area contributed by atoms with Crippen molar-refractivity contribution < 1.29 is 0 Å². The normalized spacial score (nSPS) is 11.9. The number of fused-ring (bicyclic) bond motifs is 6. The lowest BCUT2D eigenvalue weighted by Gasteiger charge is -2.09. The van der Waals surface area contributed by atoms with Crippen LogP contribution in [0, 0.1) is 0 Å². The van der Waals surface area contributed by atoms with Gasteiger partial charge in [-0.1, -0.05) is 55.1 Å². The highest BCUT2D eigenvalue weighted by molar-refractivity contribution is 6.23. The Hall–Kier alpha value is -5.10. The van der Waals surface area contributed by atoms with E-state index in [1.54, 1.807) is 18.6 Å². The van der Waals surface area contributed by atoms with Gasteiger partial charge in [0.25, 0.3) is 0 Å². The number of benzene rings is 3. The van der Waals surface area contributed by atoms with Crippen LogP contribution in [0.2, 0.25) is 0 Å². The second-order valence-electron chi connectivity index (χ2n) is 8.81. The van der Waals surface area contributed by atoms with Gasteiger partial charge in [0.05, 0.1) is 28.4 Å². The molecule has 37 heavy (non-hydrogen) atoms. The van der Waals surface area contributed by atoms with Crippen LogP contribution in [0.25, 0.3) is 67.7 Å². The Labute approximate surface area is 212 Å². The lowest BCUT2D eigenvalue weighted by atomic mass is 10.0. The number of para-hydroxylation sites is 2. The first-order valence-electron chi connectivity index (χ1n) is 12.2. The molecule has 6 nitrogen and oxygen atoms in total. The second kappa shape index (κ2) is 8.24. The van der Waals surface area contributed by atoms with Crippen molar-refractivity contribution in [2.24, 2.45) is 0 Å². The molecule has 0 unspecified atom stereocenters. The Balaban J connectivity index is 1.67. The monoisotopic (exact) mass is 478 g/mol. The molecule has 0 aliphatic heterocycles. The van der Waals surface area contributed by atoms with Crippen LogP contribution < -0.4 is 0 Å². The Bertz CT molecular complexity index is 2010. The van der Waals surface area contributed by atoms with Crippen molar-refractivity contribution in [3.05, 3.63) is 109 Å². The van der Waals surface area contributed by atoms with Gasteiger partial charge in [-0.25, -0.2) is 19.9 Å². The van der Waals surface area contributed by atoms with Crippen LogP contribution in [-0.4, -0.2) is 29.1 Å². The molecule has 6 heteroatoms. The minimum atomic E-state index is 0.509. The van der Waals surface area contributed by atoms with Crippen LogP contribution in [0.3, 0.4) is 0 Å². The molecule has 0 radical (unpaired) electrons. The standard InChI is InChI=1S/C31H22N6/c1-3-10-23-21(4-2)28-26(37(23)27-19-34-30-31(35-27)33-18-17-32-30)16-15-25-29(28)22-13-8-9-14-24(22)36(25)20-11-6-5-7-12-20/h3-19H,2H2,1H3/b10-3-. The number of allylic oxidation sites excluding steroid dienone is 1. The summed E-state index contributed by atoms with van der Waals surface area (Å²) in [7, 11) is 0. The zero-order valence-electron chi connectivity index (χ0n) is 20.2. The highest BCUT2D eigenvalue weighted by Crippen LogP contribution is 2.41. The van der Waals surface area contributed by atoms with Crippen LogP contribution in [-0.2, 0) is 0 Å². The Morgan fingerprint density at radius 2 is 1.46 bits per heavy atom. The largest absolute Gasteiger partial charge is 0.309 e. The Morgan fingerprint density at radius 3 is 2.24 bits per heavy atom. The van der Waals surface area contributed by atoms with Crippen LogP contribution in [0.4, 0.5) is 0 Å². The summed E-state index contributed by atoms with van der Waals surface area (Å²) >= 11 is 0. The third-order valence-electron chi connectivity index (χ3n) is 6.80. The van der Waals surface area contributed by atoms with Gasteiger partial charge in [-0.2, -0.15) is 0 Å². The molecule has 3 aromatic carbocycles. The van der Waals surface area contributed by atoms with Crippen molar-refractivity contribution in [3.63, 3.8) is 0 Å². The Morgan fingerprint density at radius 1 is 0.730 bits per heavy atom. The molecule has 0 saturated carbocycles. The van der Waals surface area contributed by atoms with E-state index in [-0.39, 0.29) is 0 Å². The van der Waals surface area contributed by atoms with Crippen molar-refractivity contribution in [2.75, 3.05) is 0 Å². The molecular formula is C31H22N6.